The molecule has 3 aromatic rings. The van der Waals surface area contributed by atoms with Gasteiger partial charge < -0.3 is 24.4 Å². The van der Waals surface area contributed by atoms with E-state index in [1.165, 1.54) is 37.3 Å². The summed E-state index contributed by atoms with van der Waals surface area (Å²) < 4.78 is 45.6. The number of hydrogen-bond acceptors (Lipinski definition) is 7. The van der Waals surface area contributed by atoms with Crippen LogP contribution in [0.1, 0.15) is 56.6 Å². The van der Waals surface area contributed by atoms with Gasteiger partial charge in [-0.3, -0.25) is 13.9 Å². The van der Waals surface area contributed by atoms with Gasteiger partial charge in [-0.05, 0) is 68.1 Å². The van der Waals surface area contributed by atoms with Gasteiger partial charge in [0.1, 0.15) is 18.3 Å². The van der Waals surface area contributed by atoms with Gasteiger partial charge in [0.05, 0.1) is 31.9 Å². The van der Waals surface area contributed by atoms with Crippen LogP contribution in [-0.2, 0) is 26.2 Å². The second kappa shape index (κ2) is 15.8. The number of hydrogen-bond donors (Lipinski definition) is 1. The number of anilines is 1. The number of nitrogens with one attached hydrogen (secondary N) is 1. The van der Waals surface area contributed by atoms with Crippen LogP contribution in [0.25, 0.3) is 0 Å². The van der Waals surface area contributed by atoms with Crippen molar-refractivity contribution in [1.29, 1.82) is 0 Å². The van der Waals surface area contributed by atoms with E-state index in [0.717, 1.165) is 47.5 Å². The van der Waals surface area contributed by atoms with E-state index in [4.69, 9.17) is 14.2 Å². The van der Waals surface area contributed by atoms with Crippen LogP contribution in [0.5, 0.6) is 17.2 Å². The van der Waals surface area contributed by atoms with Crippen molar-refractivity contribution in [3.63, 3.8) is 0 Å². The van der Waals surface area contributed by atoms with Crippen LogP contribution in [0.4, 0.5) is 5.69 Å². The molecule has 248 valence electrons. The number of benzene rings is 3. The Morgan fingerprint density at radius 2 is 1.52 bits per heavy atom. The van der Waals surface area contributed by atoms with Crippen LogP contribution in [0, 0.1) is 6.92 Å². The number of carbonyl (C=O) groups excluding carboxylic acids is 2. The Morgan fingerprint density at radius 1 is 0.870 bits per heavy atom. The summed E-state index contributed by atoms with van der Waals surface area (Å²) in [4.78, 5) is 29.7. The number of aryl methyl sites for hydroxylation is 1. The van der Waals surface area contributed by atoms with Crippen LogP contribution < -0.4 is 23.8 Å². The van der Waals surface area contributed by atoms with E-state index in [1.807, 2.05) is 26.0 Å². The molecule has 0 heterocycles. The largest absolute Gasteiger partial charge is 0.497 e. The third kappa shape index (κ3) is 8.31. The van der Waals surface area contributed by atoms with Crippen LogP contribution in [0.2, 0.25) is 0 Å². The Hall–Kier alpha value is -4.25. The molecular weight excluding hydrogens is 606 g/mol. The second-order valence-corrected chi connectivity index (χ2v) is 13.4. The summed E-state index contributed by atoms with van der Waals surface area (Å²) in [6.45, 7) is 3.28. The fourth-order valence-electron chi connectivity index (χ4n) is 5.74. The number of ether oxygens (including phenoxy) is 3. The predicted molar refractivity (Wildman–Crippen MR) is 178 cm³/mol. The van der Waals surface area contributed by atoms with Crippen molar-refractivity contribution < 1.29 is 32.2 Å². The molecule has 4 rings (SSSR count). The minimum Gasteiger partial charge on any atom is -0.497 e. The lowest BCUT2D eigenvalue weighted by Crippen LogP contribution is -2.54. The van der Waals surface area contributed by atoms with Gasteiger partial charge in [0, 0.05) is 18.7 Å². The Morgan fingerprint density at radius 3 is 2.11 bits per heavy atom. The van der Waals surface area contributed by atoms with E-state index >= 15 is 0 Å². The highest BCUT2D eigenvalue weighted by Crippen LogP contribution is 2.34. The van der Waals surface area contributed by atoms with Gasteiger partial charge >= 0.3 is 0 Å². The Balaban J connectivity index is 1.75. The summed E-state index contributed by atoms with van der Waals surface area (Å²) in [5.41, 5.74) is 1.89. The first-order valence-corrected chi connectivity index (χ1v) is 17.1. The highest BCUT2D eigenvalue weighted by molar-refractivity contribution is 7.92. The van der Waals surface area contributed by atoms with Crippen molar-refractivity contribution in [3.8, 4) is 17.2 Å². The van der Waals surface area contributed by atoms with Crippen molar-refractivity contribution in [1.82, 2.24) is 10.2 Å². The van der Waals surface area contributed by atoms with Gasteiger partial charge in [-0.1, -0.05) is 56.0 Å². The molecule has 0 saturated heterocycles. The average Bonchev–Trinajstić information content (AvgIpc) is 3.07. The zero-order valence-corrected chi connectivity index (χ0v) is 28.1. The standard InChI is InChI=1S/C35H45N3O7S/c1-6-31(35(40)36-27-10-8-7-9-11-27)37(23-26-14-17-29(43-3)18-15-26)34(39)24-38(28-16-21-32(44-4)33(22-28)45-5)46(41,42)30-19-12-25(2)13-20-30/h12-22,27,31H,6-11,23-24H2,1-5H3,(H,36,40)/t31-/m0/s1. The molecule has 1 fully saturated rings. The molecule has 0 aromatic heterocycles. The Labute approximate surface area is 272 Å². The molecule has 0 bridgehead atoms. The molecule has 0 radical (unpaired) electrons. The molecule has 0 spiro atoms. The molecule has 2 amide bonds. The molecular formula is C35H45N3O7S. The molecule has 1 atom stereocenters. The molecule has 0 aliphatic heterocycles. The van der Waals surface area contributed by atoms with Crippen LogP contribution >= 0.6 is 0 Å². The molecule has 10 nitrogen and oxygen atoms in total. The quantitative estimate of drug-likeness (QED) is 0.246. The topological polar surface area (TPSA) is 114 Å². The molecule has 1 aliphatic rings. The lowest BCUT2D eigenvalue weighted by Gasteiger charge is -2.34. The molecule has 1 aliphatic carbocycles. The Kier molecular flexibility index (Phi) is 11.9. The summed E-state index contributed by atoms with van der Waals surface area (Å²) >= 11 is 0. The van der Waals surface area contributed by atoms with E-state index in [-0.39, 0.29) is 29.1 Å². The van der Waals surface area contributed by atoms with E-state index in [0.29, 0.717) is 23.7 Å². The third-order valence-corrected chi connectivity index (χ3v) is 10.2. The van der Waals surface area contributed by atoms with Gasteiger partial charge in [0.25, 0.3) is 10.0 Å². The zero-order valence-electron chi connectivity index (χ0n) is 27.3. The van der Waals surface area contributed by atoms with E-state index in [2.05, 4.69) is 5.32 Å². The second-order valence-electron chi connectivity index (χ2n) is 11.5. The fourth-order valence-corrected chi connectivity index (χ4v) is 7.14. The molecule has 46 heavy (non-hydrogen) atoms. The van der Waals surface area contributed by atoms with Crippen LogP contribution in [0.3, 0.4) is 0 Å². The van der Waals surface area contributed by atoms with Crippen LogP contribution in [-0.4, -0.2) is 65.1 Å². The maximum atomic E-state index is 14.4. The van der Waals surface area contributed by atoms with Gasteiger partial charge in [-0.2, -0.15) is 0 Å². The first-order valence-electron chi connectivity index (χ1n) is 15.7. The monoisotopic (exact) mass is 651 g/mol. The number of carbonyl (C=O) groups is 2. The minimum atomic E-state index is -4.23. The predicted octanol–water partition coefficient (Wildman–Crippen LogP) is 5.47. The first-order chi connectivity index (χ1) is 22.1. The average molecular weight is 652 g/mol. The number of nitrogens with zero attached hydrogens (tertiary/aromatic N) is 2. The van der Waals surface area contributed by atoms with Crippen molar-refractivity contribution in [2.24, 2.45) is 0 Å². The molecule has 0 unspecified atom stereocenters. The highest BCUT2D eigenvalue weighted by atomic mass is 32.2. The number of methoxy groups -OCH3 is 3. The lowest BCUT2D eigenvalue weighted by atomic mass is 9.95. The van der Waals surface area contributed by atoms with Crippen molar-refractivity contribution in [2.75, 3.05) is 32.2 Å². The smallest absolute Gasteiger partial charge is 0.264 e. The normalized spacial score (nSPS) is 14.2. The summed E-state index contributed by atoms with van der Waals surface area (Å²) in [6, 6.07) is 17.6. The minimum absolute atomic E-state index is 0.0319. The molecule has 11 heteroatoms. The lowest BCUT2D eigenvalue weighted by molar-refractivity contribution is -0.140. The number of amides is 2. The number of rotatable bonds is 14. The van der Waals surface area contributed by atoms with Gasteiger partial charge in [0.15, 0.2) is 11.5 Å². The molecule has 1 N–H and O–H groups in total. The van der Waals surface area contributed by atoms with E-state index in [9.17, 15) is 18.0 Å². The van der Waals surface area contributed by atoms with Gasteiger partial charge in [0.2, 0.25) is 11.8 Å². The van der Waals surface area contributed by atoms with Crippen molar-refractivity contribution in [3.05, 3.63) is 77.9 Å². The van der Waals surface area contributed by atoms with E-state index < -0.39 is 28.5 Å². The van der Waals surface area contributed by atoms with E-state index in [1.54, 1.807) is 43.5 Å². The number of sulfonamides is 1. The summed E-state index contributed by atoms with van der Waals surface area (Å²) in [5, 5.41) is 3.17. The fraction of sp³-hybridized carbons (Fsp3) is 0.429. The first kappa shape index (κ1) is 34.6. The maximum absolute atomic E-state index is 14.4. The summed E-state index contributed by atoms with van der Waals surface area (Å²) in [5.74, 6) is 0.622. The summed E-state index contributed by atoms with van der Waals surface area (Å²) in [6.07, 6.45) is 5.39. The van der Waals surface area contributed by atoms with Crippen LogP contribution in [0.15, 0.2) is 71.6 Å². The zero-order chi connectivity index (χ0) is 33.3. The van der Waals surface area contributed by atoms with Crippen molar-refractivity contribution >= 4 is 27.5 Å². The molecule has 3 aromatic carbocycles. The summed E-state index contributed by atoms with van der Waals surface area (Å²) in [7, 11) is 0.291. The maximum Gasteiger partial charge on any atom is 0.264 e. The van der Waals surface area contributed by atoms with Crippen molar-refractivity contribution in [2.45, 2.75) is 75.9 Å². The van der Waals surface area contributed by atoms with Gasteiger partial charge in [-0.25, -0.2) is 8.42 Å². The molecule has 1 saturated carbocycles. The SMILES string of the molecule is CC[C@@H](C(=O)NC1CCCCC1)N(Cc1ccc(OC)cc1)C(=O)CN(c1ccc(OC)c(OC)c1)S(=O)(=O)c1ccc(C)cc1. The third-order valence-electron chi connectivity index (χ3n) is 8.39. The van der Waals surface area contributed by atoms with Gasteiger partial charge in [-0.15, -0.1) is 0 Å². The Bertz CT molecular complexity index is 1570. The highest BCUT2D eigenvalue weighted by Gasteiger charge is 2.34.